The summed E-state index contributed by atoms with van der Waals surface area (Å²) in [5.74, 6) is 1.94. The number of benzene rings is 8. The van der Waals surface area contributed by atoms with Crippen molar-refractivity contribution in [3.8, 4) is 61.5 Å². The van der Waals surface area contributed by atoms with E-state index < -0.39 is 0 Å². The van der Waals surface area contributed by atoms with Crippen LogP contribution in [0.15, 0.2) is 188 Å². The van der Waals surface area contributed by atoms with Crippen molar-refractivity contribution in [2.45, 2.75) is 0 Å². The molecule has 0 saturated carbocycles. The summed E-state index contributed by atoms with van der Waals surface area (Å²) < 4.78 is 3.62. The fraction of sp³-hybridized carbons (Fsp3) is 0. The van der Waals surface area contributed by atoms with Crippen molar-refractivity contribution in [1.29, 1.82) is 0 Å². The third-order valence-corrected chi connectivity index (χ3v) is 11.6. The van der Waals surface area contributed by atoms with Gasteiger partial charge in [0.2, 0.25) is 0 Å². The van der Waals surface area contributed by atoms with Gasteiger partial charge in [-0.15, -0.1) is 11.3 Å². The van der Waals surface area contributed by atoms with Crippen LogP contribution in [0.25, 0.3) is 104 Å². The van der Waals surface area contributed by atoms with E-state index in [0.29, 0.717) is 17.5 Å². The van der Waals surface area contributed by atoms with Crippen LogP contribution >= 0.6 is 11.3 Å². The summed E-state index contributed by atoms with van der Waals surface area (Å²) >= 11 is 1.74. The quantitative estimate of drug-likeness (QED) is 0.171. The summed E-state index contributed by atoms with van der Waals surface area (Å²) in [5, 5.41) is 5.84. The van der Waals surface area contributed by atoms with Gasteiger partial charge in [-0.25, -0.2) is 19.9 Å². The van der Waals surface area contributed by atoms with Crippen molar-refractivity contribution in [3.05, 3.63) is 188 Å². The van der Waals surface area contributed by atoms with E-state index in [4.69, 9.17) is 19.9 Å². The van der Waals surface area contributed by atoms with E-state index in [2.05, 4.69) is 132 Å². The van der Waals surface area contributed by atoms with Gasteiger partial charge in [0, 0.05) is 38.4 Å². The van der Waals surface area contributed by atoms with Gasteiger partial charge in [-0.05, 0) is 46.8 Å². The van der Waals surface area contributed by atoms with Crippen molar-refractivity contribution in [2.24, 2.45) is 0 Å². The molecule has 8 aromatic carbocycles. The Balaban J connectivity index is 1.03. The highest BCUT2D eigenvalue weighted by molar-refractivity contribution is 7.21. The molecule has 11 aromatic rings. The Kier molecular flexibility index (Phi) is 7.60. The molecular weight excluding hydrogens is 703 g/mol. The molecule has 0 aliphatic heterocycles. The maximum Gasteiger partial charge on any atom is 0.164 e. The Bertz CT molecular complexity index is 3150. The first kappa shape index (κ1) is 32.2. The van der Waals surface area contributed by atoms with E-state index in [1.54, 1.807) is 11.3 Å². The van der Waals surface area contributed by atoms with Gasteiger partial charge < -0.3 is 4.57 Å². The van der Waals surface area contributed by atoms with Crippen LogP contribution in [0.1, 0.15) is 0 Å². The fourth-order valence-electron chi connectivity index (χ4n) is 7.83. The van der Waals surface area contributed by atoms with Crippen LogP contribution in [-0.4, -0.2) is 24.5 Å². The van der Waals surface area contributed by atoms with Crippen LogP contribution in [-0.2, 0) is 0 Å². The molecule has 3 aromatic heterocycles. The van der Waals surface area contributed by atoms with E-state index in [-0.39, 0.29) is 0 Å². The molecule has 0 radical (unpaired) electrons. The van der Waals surface area contributed by atoms with Crippen LogP contribution in [0.5, 0.6) is 0 Å². The van der Waals surface area contributed by atoms with Crippen LogP contribution in [0.4, 0.5) is 0 Å². The van der Waals surface area contributed by atoms with Gasteiger partial charge in [0.15, 0.2) is 17.5 Å². The van der Waals surface area contributed by atoms with Crippen molar-refractivity contribution in [3.63, 3.8) is 0 Å². The molecule has 0 aliphatic rings. The molecule has 6 heteroatoms. The lowest BCUT2D eigenvalue weighted by Crippen LogP contribution is -2.00. The predicted molar refractivity (Wildman–Crippen MR) is 232 cm³/mol. The van der Waals surface area contributed by atoms with E-state index in [0.717, 1.165) is 55.1 Å². The first-order chi connectivity index (χ1) is 27.7. The minimum absolute atomic E-state index is 0.640. The Morgan fingerprint density at radius 2 is 0.893 bits per heavy atom. The standard InChI is InChI=1S/C50H31N5S/c1-3-13-33(14-4-1)47-52-48(34-15-5-2-6-16-34)54-49(53-47)35-25-23-32(24-26-35)37-29-30-44(39-18-8-7-17-38(37)39)55-43-21-11-9-19-40(43)41-28-27-36(31-45(41)55)50-51-42-20-10-12-22-46(42)56-50/h1-31H. The number of fused-ring (bicyclic) bond motifs is 5. The number of thiazole rings is 1. The van der Waals surface area contributed by atoms with E-state index >= 15 is 0 Å². The highest BCUT2D eigenvalue weighted by atomic mass is 32.1. The lowest BCUT2D eigenvalue weighted by molar-refractivity contribution is 1.07. The molecule has 0 bridgehead atoms. The molecule has 0 amide bonds. The normalized spacial score (nSPS) is 11.6. The molecule has 0 atom stereocenters. The summed E-state index contributed by atoms with van der Waals surface area (Å²) in [6.45, 7) is 0. The third-order valence-electron chi connectivity index (χ3n) is 10.5. The molecule has 0 saturated heterocycles. The molecule has 262 valence electrons. The minimum Gasteiger partial charge on any atom is -0.309 e. The van der Waals surface area contributed by atoms with Gasteiger partial charge in [0.1, 0.15) is 5.01 Å². The number of para-hydroxylation sites is 2. The summed E-state index contributed by atoms with van der Waals surface area (Å²) in [5.41, 5.74) is 10.7. The average molecular weight is 734 g/mol. The van der Waals surface area contributed by atoms with Gasteiger partial charge in [0.05, 0.1) is 26.9 Å². The molecule has 0 N–H and O–H groups in total. The molecule has 0 unspecified atom stereocenters. The molecule has 3 heterocycles. The van der Waals surface area contributed by atoms with Crippen molar-refractivity contribution in [2.75, 3.05) is 0 Å². The Morgan fingerprint density at radius 1 is 0.357 bits per heavy atom. The van der Waals surface area contributed by atoms with Crippen molar-refractivity contribution >= 4 is 54.1 Å². The second kappa shape index (κ2) is 13.2. The lowest BCUT2D eigenvalue weighted by atomic mass is 9.96. The first-order valence-corrected chi connectivity index (χ1v) is 19.5. The highest BCUT2D eigenvalue weighted by Crippen LogP contribution is 2.40. The number of nitrogens with zero attached hydrogens (tertiary/aromatic N) is 5. The van der Waals surface area contributed by atoms with Gasteiger partial charge in [-0.2, -0.15) is 0 Å². The summed E-state index contributed by atoms with van der Waals surface area (Å²) in [4.78, 5) is 19.8. The van der Waals surface area contributed by atoms with Gasteiger partial charge >= 0.3 is 0 Å². The maximum atomic E-state index is 5.00. The second-order valence-corrected chi connectivity index (χ2v) is 14.9. The zero-order chi connectivity index (χ0) is 37.0. The Hall–Kier alpha value is -7.28. The Morgan fingerprint density at radius 3 is 1.59 bits per heavy atom. The van der Waals surface area contributed by atoms with Crippen LogP contribution < -0.4 is 0 Å². The van der Waals surface area contributed by atoms with Crippen LogP contribution in [0.2, 0.25) is 0 Å². The van der Waals surface area contributed by atoms with Gasteiger partial charge in [-0.1, -0.05) is 158 Å². The molecule has 56 heavy (non-hydrogen) atoms. The van der Waals surface area contributed by atoms with Gasteiger partial charge in [-0.3, -0.25) is 0 Å². The number of rotatable bonds is 6. The number of hydrogen-bond donors (Lipinski definition) is 0. The van der Waals surface area contributed by atoms with Crippen LogP contribution in [0, 0.1) is 0 Å². The summed E-state index contributed by atoms with van der Waals surface area (Å²) in [7, 11) is 0. The van der Waals surface area contributed by atoms with E-state index in [1.807, 2.05) is 60.7 Å². The molecular formula is C50H31N5S. The predicted octanol–water partition coefficient (Wildman–Crippen LogP) is 13.1. The molecule has 0 fully saturated rings. The molecule has 0 aliphatic carbocycles. The van der Waals surface area contributed by atoms with Crippen molar-refractivity contribution < 1.29 is 0 Å². The summed E-state index contributed by atoms with van der Waals surface area (Å²) in [6.07, 6.45) is 0. The van der Waals surface area contributed by atoms with E-state index in [9.17, 15) is 0 Å². The SMILES string of the molecule is c1ccc(-c2nc(-c3ccccc3)nc(-c3ccc(-c4ccc(-n5c6ccccc6c6ccc(-c7nc8ccccc8s7)cc65)c5ccccc45)cc3)n2)cc1. The first-order valence-electron chi connectivity index (χ1n) is 18.6. The van der Waals surface area contributed by atoms with Crippen molar-refractivity contribution in [1.82, 2.24) is 24.5 Å². The minimum atomic E-state index is 0.640. The molecule has 5 nitrogen and oxygen atoms in total. The summed E-state index contributed by atoms with van der Waals surface area (Å²) in [6, 6.07) is 65.9. The number of hydrogen-bond acceptors (Lipinski definition) is 5. The Labute approximate surface area is 326 Å². The number of aromatic nitrogens is 5. The van der Waals surface area contributed by atoms with E-state index in [1.165, 1.54) is 31.8 Å². The highest BCUT2D eigenvalue weighted by Gasteiger charge is 2.18. The average Bonchev–Trinajstić information content (AvgIpc) is 3.86. The topological polar surface area (TPSA) is 56.5 Å². The van der Waals surface area contributed by atoms with Crippen LogP contribution in [0.3, 0.4) is 0 Å². The zero-order valence-electron chi connectivity index (χ0n) is 30.0. The molecule has 11 rings (SSSR count). The zero-order valence-corrected chi connectivity index (χ0v) is 30.9. The van der Waals surface area contributed by atoms with Gasteiger partial charge in [0.25, 0.3) is 0 Å². The largest absolute Gasteiger partial charge is 0.309 e. The lowest BCUT2D eigenvalue weighted by Gasteiger charge is -2.15. The fourth-order valence-corrected chi connectivity index (χ4v) is 8.79. The monoisotopic (exact) mass is 733 g/mol. The maximum absolute atomic E-state index is 5.00. The third kappa shape index (κ3) is 5.46. The smallest absolute Gasteiger partial charge is 0.164 e. The molecule has 0 spiro atoms. The second-order valence-electron chi connectivity index (χ2n) is 13.9.